The lowest BCUT2D eigenvalue weighted by atomic mass is 10.3. The molecule has 6 heteroatoms. The lowest BCUT2D eigenvalue weighted by molar-refractivity contribution is -0.121. The van der Waals surface area contributed by atoms with Crippen LogP contribution < -0.4 is 10.6 Å². The van der Waals surface area contributed by atoms with Gasteiger partial charge in [-0.2, -0.15) is 0 Å². The van der Waals surface area contributed by atoms with E-state index in [-0.39, 0.29) is 17.2 Å². The second-order valence-corrected chi connectivity index (χ2v) is 3.71. The molecular formula is C10H15ClN4O. The SMILES string of the molecule is CCCNC(=O)C(C)Nc1ccnc(Cl)n1. The van der Waals surface area contributed by atoms with Crippen LogP contribution in [-0.2, 0) is 4.79 Å². The largest absolute Gasteiger partial charge is 0.358 e. The van der Waals surface area contributed by atoms with Gasteiger partial charge in [0.1, 0.15) is 11.9 Å². The zero-order valence-electron chi connectivity index (χ0n) is 9.33. The van der Waals surface area contributed by atoms with Crippen molar-refractivity contribution in [1.82, 2.24) is 15.3 Å². The summed E-state index contributed by atoms with van der Waals surface area (Å²) in [5.41, 5.74) is 0. The first-order valence-corrected chi connectivity index (χ1v) is 5.54. The molecule has 0 aliphatic heterocycles. The van der Waals surface area contributed by atoms with E-state index in [1.165, 1.54) is 6.20 Å². The number of hydrogen-bond acceptors (Lipinski definition) is 4. The van der Waals surface area contributed by atoms with E-state index >= 15 is 0 Å². The van der Waals surface area contributed by atoms with Gasteiger partial charge in [-0.15, -0.1) is 0 Å². The van der Waals surface area contributed by atoms with Crippen molar-refractivity contribution in [3.63, 3.8) is 0 Å². The van der Waals surface area contributed by atoms with Crippen molar-refractivity contribution in [1.29, 1.82) is 0 Å². The third kappa shape index (κ3) is 4.02. The van der Waals surface area contributed by atoms with E-state index in [0.29, 0.717) is 12.4 Å². The Labute approximate surface area is 99.6 Å². The van der Waals surface area contributed by atoms with E-state index in [2.05, 4.69) is 20.6 Å². The van der Waals surface area contributed by atoms with Gasteiger partial charge in [0.2, 0.25) is 11.2 Å². The highest BCUT2D eigenvalue weighted by atomic mass is 35.5. The molecule has 1 rings (SSSR count). The first-order valence-electron chi connectivity index (χ1n) is 5.16. The Kier molecular flexibility index (Phi) is 4.98. The third-order valence-corrected chi connectivity index (χ3v) is 2.12. The van der Waals surface area contributed by atoms with E-state index in [1.807, 2.05) is 6.92 Å². The van der Waals surface area contributed by atoms with E-state index in [0.717, 1.165) is 6.42 Å². The summed E-state index contributed by atoms with van der Waals surface area (Å²) in [6, 6.07) is 1.31. The highest BCUT2D eigenvalue weighted by Crippen LogP contribution is 2.07. The average molecular weight is 243 g/mol. The Bertz CT molecular complexity index is 358. The number of rotatable bonds is 5. The Balaban J connectivity index is 2.50. The molecule has 0 spiro atoms. The lowest BCUT2D eigenvalue weighted by Crippen LogP contribution is -2.38. The highest BCUT2D eigenvalue weighted by Gasteiger charge is 2.12. The van der Waals surface area contributed by atoms with Crippen molar-refractivity contribution in [2.75, 3.05) is 11.9 Å². The van der Waals surface area contributed by atoms with Crippen molar-refractivity contribution < 1.29 is 4.79 Å². The van der Waals surface area contributed by atoms with Gasteiger partial charge in [-0.25, -0.2) is 9.97 Å². The summed E-state index contributed by atoms with van der Waals surface area (Å²) in [7, 11) is 0. The molecule has 1 atom stereocenters. The number of aromatic nitrogens is 2. The molecule has 1 aromatic rings. The maximum absolute atomic E-state index is 11.5. The molecule has 1 amide bonds. The predicted octanol–water partition coefficient (Wildman–Crippen LogP) is 1.46. The minimum Gasteiger partial charge on any atom is -0.358 e. The number of hydrogen-bond donors (Lipinski definition) is 2. The summed E-state index contributed by atoms with van der Waals surface area (Å²) < 4.78 is 0. The van der Waals surface area contributed by atoms with Crippen molar-refractivity contribution >= 4 is 23.3 Å². The predicted molar refractivity (Wildman–Crippen MR) is 63.4 cm³/mol. The molecule has 0 aliphatic rings. The van der Waals surface area contributed by atoms with Gasteiger partial charge in [0.05, 0.1) is 0 Å². The average Bonchev–Trinajstić information content (AvgIpc) is 2.25. The summed E-state index contributed by atoms with van der Waals surface area (Å²) >= 11 is 5.63. The van der Waals surface area contributed by atoms with Gasteiger partial charge in [0.15, 0.2) is 0 Å². The molecule has 1 aromatic heterocycles. The first-order chi connectivity index (χ1) is 7.63. The molecule has 0 aromatic carbocycles. The Morgan fingerprint density at radius 1 is 1.62 bits per heavy atom. The van der Waals surface area contributed by atoms with Crippen LogP contribution >= 0.6 is 11.6 Å². The summed E-state index contributed by atoms with van der Waals surface area (Å²) in [5.74, 6) is 0.482. The molecule has 0 fully saturated rings. The number of carbonyl (C=O) groups excluding carboxylic acids is 1. The normalized spacial score (nSPS) is 11.9. The van der Waals surface area contributed by atoms with Crippen LogP contribution in [0.25, 0.3) is 0 Å². The first kappa shape index (κ1) is 12.7. The Hall–Kier alpha value is -1.36. The van der Waals surface area contributed by atoms with Crippen molar-refractivity contribution in [3.8, 4) is 0 Å². The molecule has 16 heavy (non-hydrogen) atoms. The lowest BCUT2D eigenvalue weighted by Gasteiger charge is -2.13. The van der Waals surface area contributed by atoms with E-state index in [1.54, 1.807) is 13.0 Å². The fraction of sp³-hybridized carbons (Fsp3) is 0.500. The van der Waals surface area contributed by atoms with Crippen LogP contribution in [-0.4, -0.2) is 28.5 Å². The van der Waals surface area contributed by atoms with Gasteiger partial charge in [-0.1, -0.05) is 6.92 Å². The fourth-order valence-electron chi connectivity index (χ4n) is 1.10. The van der Waals surface area contributed by atoms with Crippen LogP contribution in [0.1, 0.15) is 20.3 Å². The smallest absolute Gasteiger partial charge is 0.242 e. The van der Waals surface area contributed by atoms with Crippen LogP contribution in [0.15, 0.2) is 12.3 Å². The van der Waals surface area contributed by atoms with Gasteiger partial charge in [-0.05, 0) is 31.0 Å². The van der Waals surface area contributed by atoms with Crippen molar-refractivity contribution in [2.45, 2.75) is 26.3 Å². The molecule has 2 N–H and O–H groups in total. The summed E-state index contributed by atoms with van der Waals surface area (Å²) in [6.07, 6.45) is 2.45. The number of amides is 1. The maximum Gasteiger partial charge on any atom is 0.242 e. The molecule has 0 saturated carbocycles. The molecular weight excluding hydrogens is 228 g/mol. The van der Waals surface area contributed by atoms with Gasteiger partial charge < -0.3 is 10.6 Å². The number of nitrogens with zero attached hydrogens (tertiary/aromatic N) is 2. The molecule has 0 radical (unpaired) electrons. The minimum absolute atomic E-state index is 0.0587. The zero-order valence-corrected chi connectivity index (χ0v) is 10.1. The van der Waals surface area contributed by atoms with Gasteiger partial charge in [0.25, 0.3) is 0 Å². The molecule has 0 aliphatic carbocycles. The number of carbonyl (C=O) groups is 1. The summed E-state index contributed by atoms with van der Waals surface area (Å²) in [5, 5.41) is 5.89. The van der Waals surface area contributed by atoms with Crippen molar-refractivity contribution in [2.24, 2.45) is 0 Å². The van der Waals surface area contributed by atoms with Crippen LogP contribution in [0.4, 0.5) is 5.82 Å². The van der Waals surface area contributed by atoms with Gasteiger partial charge in [0, 0.05) is 12.7 Å². The monoisotopic (exact) mass is 242 g/mol. The van der Waals surface area contributed by atoms with Gasteiger partial charge in [-0.3, -0.25) is 4.79 Å². The molecule has 1 unspecified atom stereocenters. The summed E-state index contributed by atoms with van der Waals surface area (Å²) in [4.78, 5) is 19.2. The molecule has 0 bridgehead atoms. The standard InChI is InChI=1S/C10H15ClN4O/c1-3-5-12-9(16)7(2)14-8-4-6-13-10(11)15-8/h4,6-7H,3,5H2,1-2H3,(H,12,16)(H,13,14,15). The Morgan fingerprint density at radius 2 is 2.38 bits per heavy atom. The molecule has 5 nitrogen and oxygen atoms in total. The van der Waals surface area contributed by atoms with Crippen LogP contribution in [0.2, 0.25) is 5.28 Å². The second kappa shape index (κ2) is 6.27. The van der Waals surface area contributed by atoms with Crippen LogP contribution in [0.5, 0.6) is 0 Å². The quantitative estimate of drug-likeness (QED) is 0.767. The maximum atomic E-state index is 11.5. The highest BCUT2D eigenvalue weighted by molar-refractivity contribution is 6.28. The number of nitrogens with one attached hydrogen (secondary N) is 2. The Morgan fingerprint density at radius 3 is 3.00 bits per heavy atom. The third-order valence-electron chi connectivity index (χ3n) is 1.93. The van der Waals surface area contributed by atoms with Crippen molar-refractivity contribution in [3.05, 3.63) is 17.5 Å². The number of halogens is 1. The van der Waals surface area contributed by atoms with E-state index < -0.39 is 0 Å². The molecule has 0 saturated heterocycles. The van der Waals surface area contributed by atoms with E-state index in [9.17, 15) is 4.79 Å². The molecule has 1 heterocycles. The summed E-state index contributed by atoms with van der Waals surface area (Å²) in [6.45, 7) is 4.44. The fourth-order valence-corrected chi connectivity index (χ4v) is 1.25. The van der Waals surface area contributed by atoms with E-state index in [4.69, 9.17) is 11.6 Å². The van der Waals surface area contributed by atoms with Gasteiger partial charge >= 0.3 is 0 Å². The zero-order chi connectivity index (χ0) is 12.0. The minimum atomic E-state index is -0.350. The topological polar surface area (TPSA) is 66.9 Å². The molecule has 88 valence electrons. The number of anilines is 1. The van der Waals surface area contributed by atoms with Crippen LogP contribution in [0.3, 0.4) is 0 Å². The van der Waals surface area contributed by atoms with Crippen LogP contribution in [0, 0.1) is 0 Å². The second-order valence-electron chi connectivity index (χ2n) is 3.37.